The number of hydrogen-bond acceptors (Lipinski definition) is 1. The summed E-state index contributed by atoms with van der Waals surface area (Å²) in [7, 11) is 0. The van der Waals surface area contributed by atoms with Gasteiger partial charge in [-0.05, 0) is 42.9 Å². The molecule has 0 aliphatic heterocycles. The minimum atomic E-state index is -0.186. The van der Waals surface area contributed by atoms with E-state index in [2.05, 4.69) is 41.5 Å². The molecule has 1 heteroatoms. The van der Waals surface area contributed by atoms with Crippen LogP contribution in [-0.2, 0) is 0 Å². The highest BCUT2D eigenvalue weighted by atomic mass is 16.3. The topological polar surface area (TPSA) is 20.2 Å². The summed E-state index contributed by atoms with van der Waals surface area (Å²) in [5.74, 6) is 3.31. The highest BCUT2D eigenvalue weighted by Crippen LogP contribution is 2.34. The van der Waals surface area contributed by atoms with Crippen LogP contribution in [0.15, 0.2) is 0 Å². The minimum absolute atomic E-state index is 0.186. The molecule has 0 rings (SSSR count). The van der Waals surface area contributed by atoms with Gasteiger partial charge in [0.05, 0.1) is 6.10 Å². The van der Waals surface area contributed by atoms with Crippen molar-refractivity contribution in [3.8, 4) is 0 Å². The van der Waals surface area contributed by atoms with Crippen LogP contribution in [0, 0.1) is 29.6 Å². The summed E-state index contributed by atoms with van der Waals surface area (Å²) in [6, 6.07) is 0. The van der Waals surface area contributed by atoms with Crippen molar-refractivity contribution >= 4 is 0 Å². The molecular formula is C16H34O. The largest absolute Gasteiger partial charge is 0.393 e. The standard InChI is InChI=1S/C16H34O/c1-8-9-16(10-11(2)3)14(6)12(4)13(5)15(7)17/h11-17H,8-10H2,1-7H3. The van der Waals surface area contributed by atoms with Gasteiger partial charge < -0.3 is 5.11 Å². The van der Waals surface area contributed by atoms with Crippen molar-refractivity contribution in [2.45, 2.75) is 73.8 Å². The van der Waals surface area contributed by atoms with Crippen molar-refractivity contribution in [2.75, 3.05) is 0 Å². The summed E-state index contributed by atoms with van der Waals surface area (Å²) in [6.45, 7) is 15.7. The monoisotopic (exact) mass is 242 g/mol. The Morgan fingerprint density at radius 1 is 0.824 bits per heavy atom. The van der Waals surface area contributed by atoms with Gasteiger partial charge in [0, 0.05) is 0 Å². The molecule has 0 aromatic rings. The van der Waals surface area contributed by atoms with Crippen LogP contribution in [0.5, 0.6) is 0 Å². The predicted octanol–water partition coefficient (Wildman–Crippen LogP) is 4.74. The van der Waals surface area contributed by atoms with Crippen LogP contribution >= 0.6 is 0 Å². The molecule has 0 aliphatic carbocycles. The molecule has 0 spiro atoms. The van der Waals surface area contributed by atoms with Crippen LogP contribution in [0.25, 0.3) is 0 Å². The van der Waals surface area contributed by atoms with E-state index in [1.165, 1.54) is 19.3 Å². The summed E-state index contributed by atoms with van der Waals surface area (Å²) in [6.07, 6.45) is 3.74. The van der Waals surface area contributed by atoms with Crippen LogP contribution in [0.4, 0.5) is 0 Å². The molecule has 17 heavy (non-hydrogen) atoms. The first kappa shape index (κ1) is 17.0. The fourth-order valence-electron chi connectivity index (χ4n) is 2.92. The second kappa shape index (κ2) is 8.13. The Hall–Kier alpha value is -0.0400. The lowest BCUT2D eigenvalue weighted by molar-refractivity contribution is 0.0654. The maximum Gasteiger partial charge on any atom is 0.0540 e. The van der Waals surface area contributed by atoms with Crippen LogP contribution in [0.1, 0.15) is 67.7 Å². The molecule has 0 saturated heterocycles. The Labute approximate surface area is 109 Å². The number of aliphatic hydroxyl groups excluding tert-OH is 1. The van der Waals surface area contributed by atoms with E-state index in [9.17, 15) is 5.11 Å². The molecule has 0 fully saturated rings. The summed E-state index contributed by atoms with van der Waals surface area (Å²) in [5.41, 5.74) is 0. The molecule has 0 saturated carbocycles. The van der Waals surface area contributed by atoms with Crippen molar-refractivity contribution in [3.63, 3.8) is 0 Å². The molecule has 5 unspecified atom stereocenters. The van der Waals surface area contributed by atoms with Crippen LogP contribution < -0.4 is 0 Å². The SMILES string of the molecule is CCCC(CC(C)C)C(C)C(C)C(C)C(C)O. The van der Waals surface area contributed by atoms with Crippen molar-refractivity contribution in [3.05, 3.63) is 0 Å². The molecule has 0 bridgehead atoms. The van der Waals surface area contributed by atoms with Gasteiger partial charge >= 0.3 is 0 Å². The molecule has 5 atom stereocenters. The third kappa shape index (κ3) is 5.90. The molecule has 1 nitrogen and oxygen atoms in total. The van der Waals surface area contributed by atoms with Gasteiger partial charge in [-0.3, -0.25) is 0 Å². The zero-order valence-electron chi connectivity index (χ0n) is 13.0. The quantitative estimate of drug-likeness (QED) is 0.652. The lowest BCUT2D eigenvalue weighted by atomic mass is 9.72. The Balaban J connectivity index is 4.52. The molecule has 0 aromatic heterocycles. The van der Waals surface area contributed by atoms with Gasteiger partial charge in [0.1, 0.15) is 0 Å². The van der Waals surface area contributed by atoms with Gasteiger partial charge in [0.25, 0.3) is 0 Å². The van der Waals surface area contributed by atoms with Gasteiger partial charge in [-0.2, -0.15) is 0 Å². The van der Waals surface area contributed by atoms with E-state index in [1.807, 2.05) is 6.92 Å². The second-order valence-corrected chi connectivity index (χ2v) is 6.50. The second-order valence-electron chi connectivity index (χ2n) is 6.50. The van der Waals surface area contributed by atoms with E-state index >= 15 is 0 Å². The lowest BCUT2D eigenvalue weighted by Gasteiger charge is -2.34. The van der Waals surface area contributed by atoms with Gasteiger partial charge in [-0.25, -0.2) is 0 Å². The molecule has 0 aliphatic rings. The molecule has 104 valence electrons. The first-order chi connectivity index (χ1) is 7.81. The fraction of sp³-hybridized carbons (Fsp3) is 1.00. The Bertz CT molecular complexity index is 186. The molecular weight excluding hydrogens is 208 g/mol. The highest BCUT2D eigenvalue weighted by molar-refractivity contribution is 4.77. The van der Waals surface area contributed by atoms with Gasteiger partial charge in [-0.1, -0.05) is 54.4 Å². The number of aliphatic hydroxyl groups is 1. The van der Waals surface area contributed by atoms with Crippen molar-refractivity contribution < 1.29 is 5.11 Å². The van der Waals surface area contributed by atoms with Gasteiger partial charge in [0.15, 0.2) is 0 Å². The summed E-state index contributed by atoms with van der Waals surface area (Å²) >= 11 is 0. The van der Waals surface area contributed by atoms with E-state index in [0.29, 0.717) is 17.8 Å². The van der Waals surface area contributed by atoms with Crippen molar-refractivity contribution in [2.24, 2.45) is 29.6 Å². The van der Waals surface area contributed by atoms with Crippen molar-refractivity contribution in [1.29, 1.82) is 0 Å². The van der Waals surface area contributed by atoms with E-state index in [0.717, 1.165) is 11.8 Å². The van der Waals surface area contributed by atoms with Crippen LogP contribution in [-0.4, -0.2) is 11.2 Å². The average Bonchev–Trinajstić information content (AvgIpc) is 2.24. The number of hydrogen-bond donors (Lipinski definition) is 1. The normalized spacial score (nSPS) is 21.0. The summed E-state index contributed by atoms with van der Waals surface area (Å²) < 4.78 is 0. The minimum Gasteiger partial charge on any atom is -0.393 e. The van der Waals surface area contributed by atoms with Gasteiger partial charge in [0.2, 0.25) is 0 Å². The third-order valence-electron chi connectivity index (χ3n) is 4.60. The van der Waals surface area contributed by atoms with Crippen LogP contribution in [0.2, 0.25) is 0 Å². The zero-order valence-corrected chi connectivity index (χ0v) is 13.0. The average molecular weight is 242 g/mol. The maximum atomic E-state index is 9.73. The Kier molecular flexibility index (Phi) is 8.11. The van der Waals surface area contributed by atoms with E-state index < -0.39 is 0 Å². The highest BCUT2D eigenvalue weighted by Gasteiger charge is 2.28. The zero-order chi connectivity index (χ0) is 13.6. The van der Waals surface area contributed by atoms with E-state index in [-0.39, 0.29) is 6.10 Å². The van der Waals surface area contributed by atoms with E-state index in [4.69, 9.17) is 0 Å². The predicted molar refractivity (Wildman–Crippen MR) is 77.0 cm³/mol. The smallest absolute Gasteiger partial charge is 0.0540 e. The molecule has 0 aromatic carbocycles. The molecule has 0 heterocycles. The molecule has 0 radical (unpaired) electrons. The third-order valence-corrected chi connectivity index (χ3v) is 4.60. The lowest BCUT2D eigenvalue weighted by Crippen LogP contribution is -2.30. The van der Waals surface area contributed by atoms with Crippen LogP contribution in [0.3, 0.4) is 0 Å². The summed E-state index contributed by atoms with van der Waals surface area (Å²) in [4.78, 5) is 0. The summed E-state index contributed by atoms with van der Waals surface area (Å²) in [5, 5.41) is 9.73. The molecule has 0 amide bonds. The van der Waals surface area contributed by atoms with Crippen molar-refractivity contribution in [1.82, 2.24) is 0 Å². The van der Waals surface area contributed by atoms with Gasteiger partial charge in [-0.15, -0.1) is 0 Å². The first-order valence-electron chi connectivity index (χ1n) is 7.49. The number of rotatable bonds is 8. The maximum absolute atomic E-state index is 9.73. The first-order valence-corrected chi connectivity index (χ1v) is 7.49. The Morgan fingerprint density at radius 2 is 1.35 bits per heavy atom. The molecule has 1 N–H and O–H groups in total. The Morgan fingerprint density at radius 3 is 1.71 bits per heavy atom. The van der Waals surface area contributed by atoms with E-state index in [1.54, 1.807) is 0 Å². The fourth-order valence-corrected chi connectivity index (χ4v) is 2.92.